The molecule has 5 nitrogen and oxygen atoms in total. The number of likely N-dealkylation sites (tertiary alicyclic amines) is 1. The van der Waals surface area contributed by atoms with E-state index >= 15 is 0 Å². The highest BCUT2D eigenvalue weighted by atomic mass is 16.5. The molecule has 1 aliphatic heterocycles. The van der Waals surface area contributed by atoms with Gasteiger partial charge in [0.15, 0.2) is 0 Å². The quantitative estimate of drug-likeness (QED) is 0.776. The van der Waals surface area contributed by atoms with Gasteiger partial charge in [-0.15, -0.1) is 0 Å². The number of ether oxygens (including phenoxy) is 2. The van der Waals surface area contributed by atoms with Crippen molar-refractivity contribution in [1.29, 1.82) is 5.26 Å². The fourth-order valence-corrected chi connectivity index (χ4v) is 2.52. The molecule has 1 aromatic carbocycles. The zero-order valence-corrected chi connectivity index (χ0v) is 13.0. The standard InChI is InChI=1S/C17H22N2O3/c1-2-21-15-6-5-7-16(12-15)22-11-8-14(13-18)17(20)19-9-3-4-10-19/h5-7,12,14H,2-4,8-11H2,1H3. The Hall–Kier alpha value is -2.22. The van der Waals surface area contributed by atoms with Crippen molar-refractivity contribution in [2.75, 3.05) is 26.3 Å². The first-order valence-corrected chi connectivity index (χ1v) is 7.78. The number of nitriles is 1. The van der Waals surface area contributed by atoms with Gasteiger partial charge in [0.2, 0.25) is 5.91 Å². The van der Waals surface area contributed by atoms with E-state index in [9.17, 15) is 10.1 Å². The normalized spacial score (nSPS) is 15.2. The van der Waals surface area contributed by atoms with Gasteiger partial charge >= 0.3 is 0 Å². The fourth-order valence-electron chi connectivity index (χ4n) is 2.52. The molecule has 1 unspecified atom stereocenters. The maximum Gasteiger partial charge on any atom is 0.240 e. The monoisotopic (exact) mass is 302 g/mol. The van der Waals surface area contributed by atoms with E-state index in [-0.39, 0.29) is 5.91 Å². The van der Waals surface area contributed by atoms with E-state index in [1.807, 2.05) is 31.2 Å². The summed E-state index contributed by atoms with van der Waals surface area (Å²) >= 11 is 0. The molecule has 0 bridgehead atoms. The smallest absolute Gasteiger partial charge is 0.240 e. The number of rotatable bonds is 7. The van der Waals surface area contributed by atoms with Gasteiger partial charge in [0.25, 0.3) is 0 Å². The Morgan fingerprint density at radius 1 is 1.32 bits per heavy atom. The van der Waals surface area contributed by atoms with E-state index in [1.165, 1.54) is 0 Å². The lowest BCUT2D eigenvalue weighted by atomic mass is 10.1. The second-order valence-corrected chi connectivity index (χ2v) is 5.26. The number of hydrogen-bond acceptors (Lipinski definition) is 4. The number of benzene rings is 1. The summed E-state index contributed by atoms with van der Waals surface area (Å²) < 4.78 is 11.0. The van der Waals surface area contributed by atoms with Gasteiger partial charge in [0, 0.05) is 25.6 Å². The molecule has 118 valence electrons. The lowest BCUT2D eigenvalue weighted by Crippen LogP contribution is -2.33. The molecule has 2 rings (SSSR count). The third-order valence-electron chi connectivity index (χ3n) is 3.66. The van der Waals surface area contributed by atoms with Gasteiger partial charge in [-0.05, 0) is 31.9 Å². The minimum absolute atomic E-state index is 0.0633. The molecule has 0 saturated carbocycles. The van der Waals surface area contributed by atoms with E-state index in [2.05, 4.69) is 6.07 Å². The molecule has 0 aliphatic carbocycles. The van der Waals surface area contributed by atoms with Crippen LogP contribution in [0.3, 0.4) is 0 Å². The minimum atomic E-state index is -0.617. The number of hydrogen-bond donors (Lipinski definition) is 0. The summed E-state index contributed by atoms with van der Waals surface area (Å²) in [5, 5.41) is 9.20. The highest BCUT2D eigenvalue weighted by molar-refractivity contribution is 5.81. The molecule has 0 spiro atoms. The topological polar surface area (TPSA) is 62.6 Å². The van der Waals surface area contributed by atoms with Crippen LogP contribution in [-0.2, 0) is 4.79 Å². The summed E-state index contributed by atoms with van der Waals surface area (Å²) in [6.45, 7) is 4.41. The summed E-state index contributed by atoms with van der Waals surface area (Å²) in [6, 6.07) is 9.48. The van der Waals surface area contributed by atoms with Gasteiger partial charge in [-0.1, -0.05) is 6.07 Å². The van der Waals surface area contributed by atoms with Crippen molar-refractivity contribution in [3.8, 4) is 17.6 Å². The Kier molecular flexibility index (Phi) is 6.08. The summed E-state index contributed by atoms with van der Waals surface area (Å²) in [4.78, 5) is 14.0. The summed E-state index contributed by atoms with van der Waals surface area (Å²) in [5.41, 5.74) is 0. The van der Waals surface area contributed by atoms with Crippen LogP contribution in [0.15, 0.2) is 24.3 Å². The second-order valence-electron chi connectivity index (χ2n) is 5.26. The average molecular weight is 302 g/mol. The first-order chi connectivity index (χ1) is 10.7. The fraction of sp³-hybridized carbons (Fsp3) is 0.529. The van der Waals surface area contributed by atoms with Crippen LogP contribution in [0.2, 0.25) is 0 Å². The van der Waals surface area contributed by atoms with Gasteiger partial charge in [-0.3, -0.25) is 4.79 Å². The summed E-state index contributed by atoms with van der Waals surface area (Å²) in [7, 11) is 0. The third-order valence-corrected chi connectivity index (χ3v) is 3.66. The lowest BCUT2D eigenvalue weighted by Gasteiger charge is -2.18. The maximum absolute atomic E-state index is 12.2. The van der Waals surface area contributed by atoms with E-state index in [0.717, 1.165) is 31.7 Å². The zero-order chi connectivity index (χ0) is 15.8. The Morgan fingerprint density at radius 2 is 2.00 bits per heavy atom. The maximum atomic E-state index is 12.2. The van der Waals surface area contributed by atoms with Gasteiger partial charge in [0.05, 0.1) is 19.3 Å². The van der Waals surface area contributed by atoms with Crippen LogP contribution in [-0.4, -0.2) is 37.1 Å². The van der Waals surface area contributed by atoms with Gasteiger partial charge < -0.3 is 14.4 Å². The van der Waals surface area contributed by atoms with Crippen molar-refractivity contribution in [3.05, 3.63) is 24.3 Å². The summed E-state index contributed by atoms with van der Waals surface area (Å²) in [6.07, 6.45) is 2.47. The highest BCUT2D eigenvalue weighted by Crippen LogP contribution is 2.20. The van der Waals surface area contributed by atoms with Crippen molar-refractivity contribution >= 4 is 5.91 Å². The van der Waals surface area contributed by atoms with Crippen molar-refractivity contribution < 1.29 is 14.3 Å². The number of carbonyl (C=O) groups excluding carboxylic acids is 1. The average Bonchev–Trinajstić information content (AvgIpc) is 3.06. The minimum Gasteiger partial charge on any atom is -0.494 e. The molecule has 1 saturated heterocycles. The SMILES string of the molecule is CCOc1cccc(OCCC(C#N)C(=O)N2CCCC2)c1. The largest absolute Gasteiger partial charge is 0.494 e. The van der Waals surface area contributed by atoms with Crippen molar-refractivity contribution in [2.45, 2.75) is 26.2 Å². The number of nitrogens with zero attached hydrogens (tertiary/aromatic N) is 2. The van der Waals surface area contributed by atoms with Gasteiger partial charge in [-0.2, -0.15) is 5.26 Å². The zero-order valence-electron chi connectivity index (χ0n) is 13.0. The molecule has 0 N–H and O–H groups in total. The van der Waals surface area contributed by atoms with E-state index in [1.54, 1.807) is 4.90 Å². The molecule has 0 radical (unpaired) electrons. The Balaban J connectivity index is 1.82. The van der Waals surface area contributed by atoms with Crippen LogP contribution in [0, 0.1) is 17.2 Å². The first kappa shape index (κ1) is 16.2. The molecule has 0 aromatic heterocycles. The van der Waals surface area contributed by atoms with Crippen molar-refractivity contribution in [2.24, 2.45) is 5.92 Å². The van der Waals surface area contributed by atoms with Crippen LogP contribution in [0.5, 0.6) is 11.5 Å². The molecule has 5 heteroatoms. The highest BCUT2D eigenvalue weighted by Gasteiger charge is 2.26. The third kappa shape index (κ3) is 4.39. The predicted molar refractivity (Wildman–Crippen MR) is 82.6 cm³/mol. The molecular weight excluding hydrogens is 280 g/mol. The van der Waals surface area contributed by atoms with E-state index < -0.39 is 5.92 Å². The molecule has 1 aliphatic rings. The summed E-state index contributed by atoms with van der Waals surface area (Å²) in [5.74, 6) is 0.765. The number of carbonyl (C=O) groups is 1. The molecule has 1 atom stereocenters. The van der Waals surface area contributed by atoms with Crippen LogP contribution in [0.25, 0.3) is 0 Å². The van der Waals surface area contributed by atoms with Crippen LogP contribution < -0.4 is 9.47 Å². The molecule has 1 fully saturated rings. The number of amides is 1. The molecule has 22 heavy (non-hydrogen) atoms. The molecule has 1 heterocycles. The lowest BCUT2D eigenvalue weighted by molar-refractivity contribution is -0.133. The van der Waals surface area contributed by atoms with Gasteiger partial charge in [-0.25, -0.2) is 0 Å². The molecule has 1 aromatic rings. The van der Waals surface area contributed by atoms with Crippen LogP contribution in [0.1, 0.15) is 26.2 Å². The van der Waals surface area contributed by atoms with E-state index in [4.69, 9.17) is 9.47 Å². The molecular formula is C17H22N2O3. The van der Waals surface area contributed by atoms with Gasteiger partial charge in [0.1, 0.15) is 17.4 Å². The van der Waals surface area contributed by atoms with Crippen LogP contribution in [0.4, 0.5) is 0 Å². The second kappa shape index (κ2) is 8.28. The van der Waals surface area contributed by atoms with Crippen molar-refractivity contribution in [3.63, 3.8) is 0 Å². The Morgan fingerprint density at radius 3 is 2.64 bits per heavy atom. The Bertz CT molecular complexity index is 533. The van der Waals surface area contributed by atoms with Crippen molar-refractivity contribution in [1.82, 2.24) is 4.90 Å². The Labute approximate surface area is 131 Å². The predicted octanol–water partition coefficient (Wildman–Crippen LogP) is 2.62. The van der Waals surface area contributed by atoms with E-state index in [0.29, 0.717) is 25.4 Å². The van der Waals surface area contributed by atoms with Crippen LogP contribution >= 0.6 is 0 Å². The first-order valence-electron chi connectivity index (χ1n) is 7.78. The molecule has 1 amide bonds.